The maximum Gasteiger partial charge on any atom is 0.175 e. The predicted molar refractivity (Wildman–Crippen MR) is 73.7 cm³/mol. The number of benzene rings is 1. The number of aryl methyl sites for hydroxylation is 1. The Morgan fingerprint density at radius 2 is 1.89 bits per heavy atom. The number of hydrogen-bond acceptors (Lipinski definition) is 4. The average Bonchev–Trinajstić information content (AvgIpc) is 2.89. The minimum atomic E-state index is 0.686. The quantitative estimate of drug-likeness (QED) is 0.709. The molecule has 19 heavy (non-hydrogen) atoms. The Balaban J connectivity index is 2.00. The van der Waals surface area contributed by atoms with Crippen molar-refractivity contribution in [1.29, 1.82) is 0 Å². The van der Waals surface area contributed by atoms with Crippen molar-refractivity contribution < 1.29 is 0 Å². The van der Waals surface area contributed by atoms with Crippen LogP contribution < -0.4 is 5.73 Å². The van der Waals surface area contributed by atoms with E-state index >= 15 is 0 Å². The molecule has 0 aliphatic rings. The SMILES string of the molecule is Cc1ccc(-n2cc(-c3ccccc3N)cn2)nn1. The molecule has 0 amide bonds. The van der Waals surface area contributed by atoms with Crippen molar-refractivity contribution in [3.05, 3.63) is 54.5 Å². The van der Waals surface area contributed by atoms with Gasteiger partial charge in [0.25, 0.3) is 0 Å². The molecule has 2 aromatic heterocycles. The molecule has 3 rings (SSSR count). The van der Waals surface area contributed by atoms with Gasteiger partial charge in [-0.25, -0.2) is 4.68 Å². The lowest BCUT2D eigenvalue weighted by Crippen LogP contribution is -1.99. The second-order valence-corrected chi connectivity index (χ2v) is 4.29. The Bertz CT molecular complexity index is 700. The minimum absolute atomic E-state index is 0.686. The third kappa shape index (κ3) is 2.18. The molecule has 0 fully saturated rings. The first-order chi connectivity index (χ1) is 9.24. The summed E-state index contributed by atoms with van der Waals surface area (Å²) in [5.74, 6) is 0.686. The summed E-state index contributed by atoms with van der Waals surface area (Å²) < 4.78 is 1.69. The maximum atomic E-state index is 5.96. The van der Waals surface area contributed by atoms with Crippen LogP contribution in [0.3, 0.4) is 0 Å². The van der Waals surface area contributed by atoms with Gasteiger partial charge in [-0.05, 0) is 25.1 Å². The molecule has 94 valence electrons. The van der Waals surface area contributed by atoms with E-state index in [9.17, 15) is 0 Å². The van der Waals surface area contributed by atoms with Gasteiger partial charge in [0.1, 0.15) is 0 Å². The van der Waals surface area contributed by atoms with Gasteiger partial charge in [-0.1, -0.05) is 18.2 Å². The smallest absolute Gasteiger partial charge is 0.175 e. The summed E-state index contributed by atoms with van der Waals surface area (Å²) in [6.45, 7) is 1.90. The molecule has 0 saturated carbocycles. The number of aromatic nitrogens is 4. The topological polar surface area (TPSA) is 69.6 Å². The second kappa shape index (κ2) is 4.53. The largest absolute Gasteiger partial charge is 0.398 e. The Morgan fingerprint density at radius 1 is 1.05 bits per heavy atom. The molecule has 0 aliphatic carbocycles. The molecule has 1 aromatic carbocycles. The lowest BCUT2D eigenvalue weighted by Gasteiger charge is -2.01. The van der Waals surface area contributed by atoms with Gasteiger partial charge in [-0.2, -0.15) is 10.2 Å². The summed E-state index contributed by atoms with van der Waals surface area (Å²) in [6, 6.07) is 11.5. The number of nitrogen functional groups attached to an aromatic ring is 1. The van der Waals surface area contributed by atoms with E-state index in [2.05, 4.69) is 15.3 Å². The van der Waals surface area contributed by atoms with Crippen LogP contribution in [0.15, 0.2) is 48.8 Å². The first kappa shape index (κ1) is 11.4. The van der Waals surface area contributed by atoms with Gasteiger partial charge >= 0.3 is 0 Å². The fourth-order valence-electron chi connectivity index (χ4n) is 1.86. The zero-order valence-electron chi connectivity index (χ0n) is 10.5. The van der Waals surface area contributed by atoms with Crippen LogP contribution in [-0.4, -0.2) is 20.0 Å². The molecule has 0 aliphatic heterocycles. The fraction of sp³-hybridized carbons (Fsp3) is 0.0714. The molecule has 0 spiro atoms. The van der Waals surface area contributed by atoms with Crippen LogP contribution in [0, 0.1) is 6.92 Å². The summed E-state index contributed by atoms with van der Waals surface area (Å²) in [7, 11) is 0. The van der Waals surface area contributed by atoms with Crippen molar-refractivity contribution in [2.45, 2.75) is 6.92 Å². The molecule has 0 unspecified atom stereocenters. The highest BCUT2D eigenvalue weighted by Crippen LogP contribution is 2.25. The van der Waals surface area contributed by atoms with Crippen LogP contribution in [0.4, 0.5) is 5.69 Å². The highest BCUT2D eigenvalue weighted by molar-refractivity contribution is 5.75. The first-order valence-electron chi connectivity index (χ1n) is 5.94. The molecular formula is C14H13N5. The van der Waals surface area contributed by atoms with Crippen molar-refractivity contribution >= 4 is 5.69 Å². The van der Waals surface area contributed by atoms with Crippen LogP contribution in [-0.2, 0) is 0 Å². The number of nitrogens with zero attached hydrogens (tertiary/aromatic N) is 4. The van der Waals surface area contributed by atoms with Crippen LogP contribution in [0.2, 0.25) is 0 Å². The lowest BCUT2D eigenvalue weighted by molar-refractivity contribution is 0.806. The van der Waals surface area contributed by atoms with E-state index in [-0.39, 0.29) is 0 Å². The molecule has 0 radical (unpaired) electrons. The van der Waals surface area contributed by atoms with Crippen LogP contribution >= 0.6 is 0 Å². The van der Waals surface area contributed by atoms with Crippen molar-refractivity contribution in [3.8, 4) is 16.9 Å². The van der Waals surface area contributed by atoms with Crippen molar-refractivity contribution in [2.24, 2.45) is 0 Å². The number of hydrogen-bond donors (Lipinski definition) is 1. The van der Waals surface area contributed by atoms with Gasteiger partial charge in [-0.3, -0.25) is 0 Å². The highest BCUT2D eigenvalue weighted by atomic mass is 15.3. The molecule has 0 atom stereocenters. The predicted octanol–water partition coefficient (Wildman–Crippen LogP) is 2.22. The number of rotatable bonds is 2. The van der Waals surface area contributed by atoms with Crippen molar-refractivity contribution in [2.75, 3.05) is 5.73 Å². The zero-order chi connectivity index (χ0) is 13.2. The maximum absolute atomic E-state index is 5.96. The Kier molecular flexibility index (Phi) is 2.72. The van der Waals surface area contributed by atoms with Gasteiger partial charge in [-0.15, -0.1) is 5.10 Å². The molecule has 2 N–H and O–H groups in total. The highest BCUT2D eigenvalue weighted by Gasteiger charge is 2.06. The van der Waals surface area contributed by atoms with E-state index in [1.165, 1.54) is 0 Å². The van der Waals surface area contributed by atoms with Gasteiger partial charge in [0, 0.05) is 23.0 Å². The third-order valence-corrected chi connectivity index (χ3v) is 2.87. The normalized spacial score (nSPS) is 10.6. The van der Waals surface area contributed by atoms with Crippen LogP contribution in [0.1, 0.15) is 5.69 Å². The number of anilines is 1. The van der Waals surface area contributed by atoms with E-state index < -0.39 is 0 Å². The minimum Gasteiger partial charge on any atom is -0.398 e. The molecule has 0 saturated heterocycles. The lowest BCUT2D eigenvalue weighted by atomic mass is 10.1. The number of para-hydroxylation sites is 1. The molecule has 2 heterocycles. The molecule has 3 aromatic rings. The van der Waals surface area contributed by atoms with Gasteiger partial charge in [0.2, 0.25) is 0 Å². The standard InChI is InChI=1S/C14H13N5/c1-10-6-7-14(18-17-10)19-9-11(8-16-19)12-4-2-3-5-13(12)15/h2-9H,15H2,1H3. The molecule has 0 bridgehead atoms. The summed E-state index contributed by atoms with van der Waals surface area (Å²) in [5, 5.41) is 12.4. The zero-order valence-corrected chi connectivity index (χ0v) is 10.5. The molecule has 5 nitrogen and oxygen atoms in total. The second-order valence-electron chi connectivity index (χ2n) is 4.29. The Labute approximate surface area is 110 Å². The van der Waals surface area contributed by atoms with Crippen LogP contribution in [0.5, 0.6) is 0 Å². The van der Waals surface area contributed by atoms with E-state index in [0.717, 1.165) is 22.5 Å². The van der Waals surface area contributed by atoms with E-state index in [1.807, 2.05) is 49.5 Å². The van der Waals surface area contributed by atoms with Gasteiger partial charge in [0.05, 0.1) is 11.9 Å². The fourth-order valence-corrected chi connectivity index (χ4v) is 1.86. The van der Waals surface area contributed by atoms with Crippen molar-refractivity contribution in [1.82, 2.24) is 20.0 Å². The Hall–Kier alpha value is -2.69. The van der Waals surface area contributed by atoms with Crippen LogP contribution in [0.25, 0.3) is 16.9 Å². The average molecular weight is 251 g/mol. The van der Waals surface area contributed by atoms with Gasteiger partial charge in [0.15, 0.2) is 5.82 Å². The van der Waals surface area contributed by atoms with E-state index in [1.54, 1.807) is 10.9 Å². The summed E-state index contributed by atoms with van der Waals surface area (Å²) in [6.07, 6.45) is 3.66. The number of nitrogens with two attached hydrogens (primary N) is 1. The van der Waals surface area contributed by atoms with E-state index in [0.29, 0.717) is 5.82 Å². The summed E-state index contributed by atoms with van der Waals surface area (Å²) >= 11 is 0. The summed E-state index contributed by atoms with van der Waals surface area (Å²) in [5.41, 5.74) is 9.49. The summed E-state index contributed by atoms with van der Waals surface area (Å²) in [4.78, 5) is 0. The Morgan fingerprint density at radius 3 is 2.63 bits per heavy atom. The van der Waals surface area contributed by atoms with E-state index in [4.69, 9.17) is 5.73 Å². The third-order valence-electron chi connectivity index (χ3n) is 2.87. The molecular weight excluding hydrogens is 238 g/mol. The van der Waals surface area contributed by atoms with Gasteiger partial charge < -0.3 is 5.73 Å². The first-order valence-corrected chi connectivity index (χ1v) is 5.94. The van der Waals surface area contributed by atoms with Crippen molar-refractivity contribution in [3.63, 3.8) is 0 Å². The monoisotopic (exact) mass is 251 g/mol. The molecule has 5 heteroatoms.